The first kappa shape index (κ1) is 14.2. The quantitative estimate of drug-likeness (QED) is 0.855. The molecule has 18 heavy (non-hydrogen) atoms. The van der Waals surface area contributed by atoms with Gasteiger partial charge in [0.05, 0.1) is 11.1 Å². The third-order valence-electron chi connectivity index (χ3n) is 1.90. The van der Waals surface area contributed by atoms with Crippen LogP contribution in [-0.2, 0) is 6.18 Å². The smallest absolute Gasteiger partial charge is 0.419 e. The highest BCUT2D eigenvalue weighted by atomic mass is 19.4. The molecule has 8 heteroatoms. The van der Waals surface area contributed by atoms with Crippen LogP contribution in [0, 0.1) is 0 Å². The maximum Gasteiger partial charge on any atom is 0.419 e. The second-order valence-corrected chi connectivity index (χ2v) is 3.22. The number of hydrogen-bond acceptors (Lipinski definition) is 2. The zero-order valence-electron chi connectivity index (χ0n) is 8.67. The van der Waals surface area contributed by atoms with Crippen LogP contribution >= 0.6 is 0 Å². The van der Waals surface area contributed by atoms with Crippen molar-refractivity contribution < 1.29 is 36.6 Å². The highest BCUT2D eigenvalue weighted by molar-refractivity contribution is 5.88. The highest BCUT2D eigenvalue weighted by Crippen LogP contribution is 2.37. The van der Waals surface area contributed by atoms with Gasteiger partial charge >= 0.3 is 12.1 Å². The number of carbonyl (C=O) groups is 1. The molecule has 0 aromatic heterocycles. The Morgan fingerprint density at radius 3 is 2.39 bits per heavy atom. The first-order valence-electron chi connectivity index (χ1n) is 4.57. The molecule has 100 valence electrons. The van der Waals surface area contributed by atoms with E-state index in [2.05, 4.69) is 4.74 Å². The zero-order valence-corrected chi connectivity index (χ0v) is 8.67. The van der Waals surface area contributed by atoms with Crippen LogP contribution in [0.5, 0.6) is 5.75 Å². The Balaban J connectivity index is 3.13. The van der Waals surface area contributed by atoms with Crippen molar-refractivity contribution in [2.75, 3.05) is 6.61 Å². The van der Waals surface area contributed by atoms with Crippen molar-refractivity contribution in [1.29, 1.82) is 0 Å². The third kappa shape index (κ3) is 3.57. The predicted molar refractivity (Wildman–Crippen MR) is 49.9 cm³/mol. The number of carboxylic acid groups (broad SMARTS) is 1. The van der Waals surface area contributed by atoms with Gasteiger partial charge in [-0.1, -0.05) is 0 Å². The summed E-state index contributed by atoms with van der Waals surface area (Å²) >= 11 is 0. The molecular weight excluding hydrogens is 263 g/mol. The van der Waals surface area contributed by atoms with Crippen LogP contribution in [0.2, 0.25) is 0 Å². The van der Waals surface area contributed by atoms with Crippen LogP contribution in [0.1, 0.15) is 15.9 Å². The van der Waals surface area contributed by atoms with Crippen molar-refractivity contribution in [3.05, 3.63) is 29.3 Å². The summed E-state index contributed by atoms with van der Waals surface area (Å²) in [5, 5.41) is 8.56. The molecule has 0 saturated carbocycles. The van der Waals surface area contributed by atoms with Crippen molar-refractivity contribution in [3.8, 4) is 5.75 Å². The summed E-state index contributed by atoms with van der Waals surface area (Å²) in [6.45, 7) is -1.20. The molecule has 0 aliphatic rings. The molecule has 0 radical (unpaired) electrons. The maximum atomic E-state index is 12.6. The van der Waals surface area contributed by atoms with E-state index in [0.717, 1.165) is 6.07 Å². The fourth-order valence-electron chi connectivity index (χ4n) is 1.16. The van der Waals surface area contributed by atoms with Crippen LogP contribution in [0.15, 0.2) is 18.2 Å². The van der Waals surface area contributed by atoms with Gasteiger partial charge in [-0.05, 0) is 18.2 Å². The predicted octanol–water partition coefficient (Wildman–Crippen LogP) is 3.05. The van der Waals surface area contributed by atoms with Gasteiger partial charge in [-0.2, -0.15) is 13.2 Å². The number of aromatic carboxylic acids is 1. The Morgan fingerprint density at radius 2 is 1.94 bits per heavy atom. The van der Waals surface area contributed by atoms with Gasteiger partial charge in [-0.15, -0.1) is 0 Å². The first-order chi connectivity index (χ1) is 8.21. The number of hydrogen-bond donors (Lipinski definition) is 1. The monoisotopic (exact) mass is 270 g/mol. The molecule has 3 nitrogen and oxygen atoms in total. The van der Waals surface area contributed by atoms with Crippen molar-refractivity contribution in [1.82, 2.24) is 0 Å². The second kappa shape index (κ2) is 5.19. The lowest BCUT2D eigenvalue weighted by atomic mass is 10.1. The number of alkyl halides is 5. The number of carboxylic acids is 1. The van der Waals surface area contributed by atoms with Gasteiger partial charge in [-0.25, -0.2) is 13.6 Å². The van der Waals surface area contributed by atoms with Crippen molar-refractivity contribution >= 4 is 5.97 Å². The van der Waals surface area contributed by atoms with Gasteiger partial charge in [0, 0.05) is 0 Å². The van der Waals surface area contributed by atoms with Crippen LogP contribution in [0.4, 0.5) is 22.0 Å². The lowest BCUT2D eigenvalue weighted by Gasteiger charge is -2.14. The van der Waals surface area contributed by atoms with E-state index in [1.807, 2.05) is 0 Å². The highest BCUT2D eigenvalue weighted by Gasteiger charge is 2.35. The van der Waals surface area contributed by atoms with Gasteiger partial charge in [0.15, 0.2) is 0 Å². The van der Waals surface area contributed by atoms with Crippen molar-refractivity contribution in [3.63, 3.8) is 0 Å². The van der Waals surface area contributed by atoms with Crippen molar-refractivity contribution in [2.45, 2.75) is 12.6 Å². The summed E-state index contributed by atoms with van der Waals surface area (Å²) in [5.41, 5.74) is -2.00. The summed E-state index contributed by atoms with van der Waals surface area (Å²) in [4.78, 5) is 10.5. The van der Waals surface area contributed by atoms with E-state index in [9.17, 15) is 26.7 Å². The van der Waals surface area contributed by atoms with Gasteiger partial charge in [-0.3, -0.25) is 0 Å². The molecule has 0 heterocycles. The Morgan fingerprint density at radius 1 is 1.33 bits per heavy atom. The molecule has 0 unspecified atom stereocenters. The minimum absolute atomic E-state index is 0.336. The summed E-state index contributed by atoms with van der Waals surface area (Å²) in [5.74, 6) is -2.38. The maximum absolute atomic E-state index is 12.6. The Labute approximate surface area is 97.8 Å². The molecule has 0 spiro atoms. The van der Waals surface area contributed by atoms with Crippen LogP contribution in [0.3, 0.4) is 0 Å². The van der Waals surface area contributed by atoms with Crippen LogP contribution < -0.4 is 4.74 Å². The summed E-state index contributed by atoms with van der Waals surface area (Å²) in [6.07, 6.45) is -7.81. The molecule has 0 atom stereocenters. The van der Waals surface area contributed by atoms with E-state index < -0.39 is 42.1 Å². The fourth-order valence-corrected chi connectivity index (χ4v) is 1.16. The molecule has 0 aliphatic carbocycles. The number of halogens is 5. The van der Waals surface area contributed by atoms with E-state index in [4.69, 9.17) is 5.11 Å². The first-order valence-corrected chi connectivity index (χ1v) is 4.57. The standard InChI is InChI=1S/C10H7F5O3/c11-8(12)4-18-7-2-1-5(9(16)17)3-6(7)10(13,14)15/h1-3,8H,4H2,(H,16,17). The molecule has 1 aromatic carbocycles. The van der Waals surface area contributed by atoms with E-state index in [-0.39, 0.29) is 0 Å². The lowest BCUT2D eigenvalue weighted by molar-refractivity contribution is -0.139. The SMILES string of the molecule is O=C(O)c1ccc(OCC(F)F)c(C(F)(F)F)c1. The van der Waals surface area contributed by atoms with E-state index >= 15 is 0 Å². The Hall–Kier alpha value is -1.86. The normalized spacial score (nSPS) is 11.7. The molecule has 1 N–H and O–H groups in total. The van der Waals surface area contributed by atoms with Crippen LogP contribution in [0.25, 0.3) is 0 Å². The van der Waals surface area contributed by atoms with Gasteiger partial charge in [0.2, 0.25) is 0 Å². The molecule has 1 rings (SSSR count). The van der Waals surface area contributed by atoms with Gasteiger partial charge in [0.25, 0.3) is 6.43 Å². The Bertz CT molecular complexity index is 442. The lowest BCUT2D eigenvalue weighted by Crippen LogP contribution is -2.14. The number of benzene rings is 1. The van der Waals surface area contributed by atoms with E-state index in [0.29, 0.717) is 12.1 Å². The van der Waals surface area contributed by atoms with E-state index in [1.165, 1.54) is 0 Å². The molecule has 0 amide bonds. The molecule has 0 bridgehead atoms. The average molecular weight is 270 g/mol. The summed E-state index contributed by atoms with van der Waals surface area (Å²) < 4.78 is 65.7. The molecule has 0 fully saturated rings. The second-order valence-electron chi connectivity index (χ2n) is 3.22. The fraction of sp³-hybridized carbons (Fsp3) is 0.300. The topological polar surface area (TPSA) is 46.5 Å². The third-order valence-corrected chi connectivity index (χ3v) is 1.90. The zero-order chi connectivity index (χ0) is 13.9. The van der Waals surface area contributed by atoms with Gasteiger partial charge in [0.1, 0.15) is 12.4 Å². The van der Waals surface area contributed by atoms with Crippen LogP contribution in [-0.4, -0.2) is 24.1 Å². The number of ether oxygens (including phenoxy) is 1. The minimum atomic E-state index is -4.89. The largest absolute Gasteiger partial charge is 0.487 e. The minimum Gasteiger partial charge on any atom is -0.487 e. The van der Waals surface area contributed by atoms with Gasteiger partial charge < -0.3 is 9.84 Å². The average Bonchev–Trinajstić information content (AvgIpc) is 2.24. The number of rotatable bonds is 4. The van der Waals surface area contributed by atoms with Crippen molar-refractivity contribution in [2.24, 2.45) is 0 Å². The summed E-state index contributed by atoms with van der Waals surface area (Å²) in [6, 6.07) is 1.89. The molecule has 1 aromatic rings. The molecule has 0 saturated heterocycles. The molecular formula is C10H7F5O3. The molecule has 0 aliphatic heterocycles. The summed E-state index contributed by atoms with van der Waals surface area (Å²) in [7, 11) is 0. The van der Waals surface area contributed by atoms with E-state index in [1.54, 1.807) is 0 Å². The Kier molecular flexibility index (Phi) is 4.10.